The average Bonchev–Trinajstić information content (AvgIpc) is 1.99. The van der Waals surface area contributed by atoms with Gasteiger partial charge in [0, 0.05) is 6.20 Å². The quantitative estimate of drug-likeness (QED) is 0.612. The van der Waals surface area contributed by atoms with Gasteiger partial charge in [0.25, 0.3) is 0 Å². The van der Waals surface area contributed by atoms with Crippen LogP contribution in [-0.2, 0) is 0 Å². The van der Waals surface area contributed by atoms with E-state index in [0.717, 1.165) is 11.4 Å². The van der Waals surface area contributed by atoms with Gasteiger partial charge >= 0.3 is 0 Å². The predicted octanol–water partition coefficient (Wildman–Crippen LogP) is 2.02. The number of ether oxygens (including phenoxy) is 1. The fourth-order valence-corrected chi connectivity index (χ4v) is 1.10. The summed E-state index contributed by atoms with van der Waals surface area (Å²) in [5.41, 5.74) is 3.31. The minimum absolute atomic E-state index is 0.907. The van der Waals surface area contributed by atoms with Crippen LogP contribution in [0.25, 0.3) is 0 Å². The molecule has 0 bridgehead atoms. The van der Waals surface area contributed by atoms with E-state index in [1.165, 1.54) is 11.1 Å². The fourth-order valence-electron chi connectivity index (χ4n) is 1.10. The first kappa shape index (κ1) is 8.05. The third-order valence-electron chi connectivity index (χ3n) is 1.92. The van der Waals surface area contributed by atoms with Gasteiger partial charge in [-0.05, 0) is 31.9 Å². The highest BCUT2D eigenvalue weighted by Gasteiger charge is 2.04. The first-order chi connectivity index (χ1) is 5.16. The van der Waals surface area contributed by atoms with Crippen LogP contribution < -0.4 is 4.74 Å². The summed E-state index contributed by atoms with van der Waals surface area (Å²) in [4.78, 5) is 4.19. The second-order valence-electron chi connectivity index (χ2n) is 2.68. The van der Waals surface area contributed by atoms with Crippen molar-refractivity contribution in [1.29, 1.82) is 0 Å². The van der Waals surface area contributed by atoms with Gasteiger partial charge in [-0.15, -0.1) is 0 Å². The molecule has 1 heterocycles. The molecule has 1 aromatic heterocycles. The lowest BCUT2D eigenvalue weighted by atomic mass is 10.1. The zero-order chi connectivity index (χ0) is 8.43. The lowest BCUT2D eigenvalue weighted by molar-refractivity contribution is 0.405. The van der Waals surface area contributed by atoms with E-state index in [0.29, 0.717) is 0 Å². The summed E-state index contributed by atoms with van der Waals surface area (Å²) in [6.45, 7) is 6.03. The molecule has 2 nitrogen and oxygen atoms in total. The number of methoxy groups -OCH3 is 1. The van der Waals surface area contributed by atoms with Crippen molar-refractivity contribution in [2.45, 2.75) is 20.8 Å². The molecule has 0 saturated carbocycles. The Balaban J connectivity index is 3.29. The highest BCUT2D eigenvalue weighted by Crippen LogP contribution is 2.22. The van der Waals surface area contributed by atoms with Crippen molar-refractivity contribution >= 4 is 0 Å². The fraction of sp³-hybridized carbons (Fsp3) is 0.444. The summed E-state index contributed by atoms with van der Waals surface area (Å²) in [5.74, 6) is 0.907. The van der Waals surface area contributed by atoms with Crippen LogP contribution in [-0.4, -0.2) is 12.1 Å². The summed E-state index contributed by atoms with van der Waals surface area (Å²) in [7, 11) is 1.68. The Bertz CT molecular complexity index is 269. The molecule has 0 fully saturated rings. The van der Waals surface area contributed by atoms with Crippen LogP contribution in [0.1, 0.15) is 16.8 Å². The lowest BCUT2D eigenvalue weighted by Crippen LogP contribution is -1.95. The molecule has 0 radical (unpaired) electrons. The third-order valence-corrected chi connectivity index (χ3v) is 1.92. The Morgan fingerprint density at radius 1 is 1.27 bits per heavy atom. The maximum Gasteiger partial charge on any atom is 0.143 e. The first-order valence-electron chi connectivity index (χ1n) is 3.63. The number of aromatic nitrogens is 1. The topological polar surface area (TPSA) is 22.1 Å². The van der Waals surface area contributed by atoms with Gasteiger partial charge in [0.15, 0.2) is 0 Å². The van der Waals surface area contributed by atoms with Crippen LogP contribution >= 0.6 is 0 Å². The molecule has 60 valence electrons. The van der Waals surface area contributed by atoms with Gasteiger partial charge in [0.1, 0.15) is 5.75 Å². The Labute approximate surface area is 67.2 Å². The summed E-state index contributed by atoms with van der Waals surface area (Å²) in [6.07, 6.45) is 1.87. The highest BCUT2D eigenvalue weighted by molar-refractivity contribution is 5.39. The molecule has 0 saturated heterocycles. The van der Waals surface area contributed by atoms with Crippen molar-refractivity contribution in [3.63, 3.8) is 0 Å². The van der Waals surface area contributed by atoms with E-state index >= 15 is 0 Å². The molecule has 0 atom stereocenters. The molecule has 0 spiro atoms. The van der Waals surface area contributed by atoms with E-state index in [2.05, 4.69) is 4.98 Å². The van der Waals surface area contributed by atoms with Crippen LogP contribution in [0.3, 0.4) is 0 Å². The maximum atomic E-state index is 5.19. The van der Waals surface area contributed by atoms with Gasteiger partial charge < -0.3 is 4.74 Å². The van der Waals surface area contributed by atoms with Crippen molar-refractivity contribution in [2.75, 3.05) is 7.11 Å². The summed E-state index contributed by atoms with van der Waals surface area (Å²) >= 11 is 0. The molecular weight excluding hydrogens is 138 g/mol. The molecule has 1 rings (SSSR count). The van der Waals surface area contributed by atoms with Crippen molar-refractivity contribution in [1.82, 2.24) is 4.98 Å². The number of hydrogen-bond donors (Lipinski definition) is 0. The van der Waals surface area contributed by atoms with E-state index in [1.807, 2.05) is 27.0 Å². The van der Waals surface area contributed by atoms with E-state index in [9.17, 15) is 0 Å². The average molecular weight is 151 g/mol. The van der Waals surface area contributed by atoms with Gasteiger partial charge in [-0.2, -0.15) is 0 Å². The molecule has 2 heteroatoms. The van der Waals surface area contributed by atoms with Crippen LogP contribution in [0.2, 0.25) is 0 Å². The summed E-state index contributed by atoms with van der Waals surface area (Å²) in [6, 6.07) is 0. The molecule has 0 aromatic carbocycles. The summed E-state index contributed by atoms with van der Waals surface area (Å²) < 4.78 is 5.19. The molecule has 0 aliphatic rings. The summed E-state index contributed by atoms with van der Waals surface area (Å²) in [5, 5.41) is 0. The maximum absolute atomic E-state index is 5.19. The van der Waals surface area contributed by atoms with Crippen LogP contribution in [0.15, 0.2) is 6.20 Å². The van der Waals surface area contributed by atoms with Crippen molar-refractivity contribution < 1.29 is 4.74 Å². The minimum atomic E-state index is 0.907. The molecule has 1 aromatic rings. The number of rotatable bonds is 1. The van der Waals surface area contributed by atoms with E-state index in [-0.39, 0.29) is 0 Å². The first-order valence-corrected chi connectivity index (χ1v) is 3.63. The lowest BCUT2D eigenvalue weighted by Gasteiger charge is -2.08. The highest BCUT2D eigenvalue weighted by atomic mass is 16.5. The Kier molecular flexibility index (Phi) is 2.13. The van der Waals surface area contributed by atoms with Gasteiger partial charge in [-0.3, -0.25) is 4.98 Å². The molecule has 0 aliphatic heterocycles. The number of aryl methyl sites for hydroxylation is 2. The molecular formula is C9H13NO. The SMILES string of the molecule is COc1c(C)ncc(C)c1C. The smallest absolute Gasteiger partial charge is 0.143 e. The van der Waals surface area contributed by atoms with Gasteiger partial charge in [-0.25, -0.2) is 0 Å². The van der Waals surface area contributed by atoms with E-state index < -0.39 is 0 Å². The molecule has 0 unspecified atom stereocenters. The zero-order valence-corrected chi connectivity index (χ0v) is 7.43. The molecule has 0 aliphatic carbocycles. The Morgan fingerprint density at radius 2 is 1.91 bits per heavy atom. The second-order valence-corrected chi connectivity index (χ2v) is 2.68. The third kappa shape index (κ3) is 1.34. The van der Waals surface area contributed by atoms with Gasteiger partial charge in [-0.1, -0.05) is 0 Å². The Hall–Kier alpha value is -1.05. The monoisotopic (exact) mass is 151 g/mol. The number of hydrogen-bond acceptors (Lipinski definition) is 2. The standard InChI is InChI=1S/C9H13NO/c1-6-5-10-8(3)9(11-4)7(6)2/h5H,1-4H3. The molecule has 0 amide bonds. The van der Waals surface area contributed by atoms with Crippen LogP contribution in [0, 0.1) is 20.8 Å². The van der Waals surface area contributed by atoms with Gasteiger partial charge in [0.2, 0.25) is 0 Å². The van der Waals surface area contributed by atoms with E-state index in [1.54, 1.807) is 7.11 Å². The predicted molar refractivity (Wildman–Crippen MR) is 45.0 cm³/mol. The van der Waals surface area contributed by atoms with Crippen LogP contribution in [0.4, 0.5) is 0 Å². The minimum Gasteiger partial charge on any atom is -0.495 e. The normalized spacial score (nSPS) is 9.82. The van der Waals surface area contributed by atoms with Crippen molar-refractivity contribution in [3.05, 3.63) is 23.0 Å². The van der Waals surface area contributed by atoms with E-state index in [4.69, 9.17) is 4.74 Å². The van der Waals surface area contributed by atoms with Crippen molar-refractivity contribution in [3.8, 4) is 5.75 Å². The molecule has 0 N–H and O–H groups in total. The Morgan fingerprint density at radius 3 is 2.36 bits per heavy atom. The largest absolute Gasteiger partial charge is 0.495 e. The van der Waals surface area contributed by atoms with Crippen molar-refractivity contribution in [2.24, 2.45) is 0 Å². The number of pyridine rings is 1. The molecule has 11 heavy (non-hydrogen) atoms. The van der Waals surface area contributed by atoms with Crippen LogP contribution in [0.5, 0.6) is 5.75 Å². The zero-order valence-electron chi connectivity index (χ0n) is 7.43. The second kappa shape index (κ2) is 2.91. The number of nitrogens with zero attached hydrogens (tertiary/aromatic N) is 1. The van der Waals surface area contributed by atoms with Gasteiger partial charge in [0.05, 0.1) is 12.8 Å².